The lowest BCUT2D eigenvalue weighted by Gasteiger charge is -2.33. The van der Waals surface area contributed by atoms with Crippen molar-refractivity contribution in [3.63, 3.8) is 0 Å². The van der Waals surface area contributed by atoms with Crippen molar-refractivity contribution >= 4 is 51.9 Å². The van der Waals surface area contributed by atoms with Crippen molar-refractivity contribution in [2.75, 3.05) is 25.0 Å². The van der Waals surface area contributed by atoms with E-state index in [1.165, 1.54) is 5.00 Å². The fraction of sp³-hybridized carbons (Fsp3) is 0.389. The van der Waals surface area contributed by atoms with E-state index in [1.54, 1.807) is 7.05 Å². The lowest BCUT2D eigenvalue weighted by molar-refractivity contribution is 0.462. The molecule has 4 rings (SSSR count). The van der Waals surface area contributed by atoms with Crippen LogP contribution in [0.3, 0.4) is 0 Å². The summed E-state index contributed by atoms with van der Waals surface area (Å²) in [6, 6.07) is 10.6. The standard InChI is InChI=1S/C18H23N7S.HI/c1-19-18(20-13-16-23-22-15-5-2-3-9-25(15)16)21-14-7-10-24(11-8-14)17-6-4-12-26-17;/h2-6,9,12,14H,7-8,10-11,13H2,1H3,(H2,19,20,21);1H. The fourth-order valence-electron chi connectivity index (χ4n) is 3.26. The summed E-state index contributed by atoms with van der Waals surface area (Å²) in [6.45, 7) is 2.73. The van der Waals surface area contributed by atoms with Crippen molar-refractivity contribution in [3.05, 3.63) is 47.7 Å². The number of pyridine rings is 1. The molecule has 0 saturated carbocycles. The van der Waals surface area contributed by atoms with E-state index in [1.807, 2.05) is 40.1 Å². The molecule has 1 saturated heterocycles. The molecule has 0 atom stereocenters. The van der Waals surface area contributed by atoms with Crippen molar-refractivity contribution in [3.8, 4) is 0 Å². The van der Waals surface area contributed by atoms with Gasteiger partial charge in [0, 0.05) is 32.4 Å². The third-order valence-corrected chi connectivity index (χ3v) is 5.60. The van der Waals surface area contributed by atoms with Gasteiger partial charge in [-0.05, 0) is 42.5 Å². The van der Waals surface area contributed by atoms with E-state index < -0.39 is 0 Å². The minimum absolute atomic E-state index is 0. The highest BCUT2D eigenvalue weighted by atomic mass is 127. The van der Waals surface area contributed by atoms with Crippen LogP contribution < -0.4 is 15.5 Å². The number of nitrogens with one attached hydrogen (secondary N) is 2. The monoisotopic (exact) mass is 497 g/mol. The highest BCUT2D eigenvalue weighted by molar-refractivity contribution is 14.0. The van der Waals surface area contributed by atoms with Crippen molar-refractivity contribution in [2.45, 2.75) is 25.4 Å². The minimum Gasteiger partial charge on any atom is -0.363 e. The first-order valence-electron chi connectivity index (χ1n) is 8.88. The van der Waals surface area contributed by atoms with E-state index in [4.69, 9.17) is 0 Å². The Labute approximate surface area is 179 Å². The number of piperidine rings is 1. The third-order valence-electron chi connectivity index (χ3n) is 4.68. The second-order valence-corrected chi connectivity index (χ2v) is 7.25. The maximum absolute atomic E-state index is 4.36. The molecule has 0 bridgehead atoms. The third kappa shape index (κ3) is 4.70. The average molecular weight is 497 g/mol. The van der Waals surface area contributed by atoms with Gasteiger partial charge < -0.3 is 15.5 Å². The van der Waals surface area contributed by atoms with Crippen LogP contribution in [0, 0.1) is 0 Å². The predicted octanol–water partition coefficient (Wildman–Crippen LogP) is 2.74. The molecule has 0 spiro atoms. The van der Waals surface area contributed by atoms with Crippen molar-refractivity contribution in [2.24, 2.45) is 4.99 Å². The van der Waals surface area contributed by atoms with Crippen molar-refractivity contribution in [1.82, 2.24) is 25.2 Å². The molecule has 0 amide bonds. The van der Waals surface area contributed by atoms with Crippen LogP contribution in [0.5, 0.6) is 0 Å². The Hall–Kier alpha value is -1.88. The van der Waals surface area contributed by atoms with Crippen molar-refractivity contribution in [1.29, 1.82) is 0 Å². The summed E-state index contributed by atoms with van der Waals surface area (Å²) >= 11 is 1.81. The molecule has 9 heteroatoms. The summed E-state index contributed by atoms with van der Waals surface area (Å²) in [4.78, 5) is 6.82. The van der Waals surface area contributed by atoms with Gasteiger partial charge in [-0.25, -0.2) is 0 Å². The summed E-state index contributed by atoms with van der Waals surface area (Å²) in [5.41, 5.74) is 0.855. The highest BCUT2D eigenvalue weighted by Gasteiger charge is 2.20. The van der Waals surface area contributed by atoms with Crippen LogP contribution in [0.4, 0.5) is 5.00 Å². The van der Waals surface area contributed by atoms with E-state index in [0.717, 1.165) is 43.4 Å². The van der Waals surface area contributed by atoms with Crippen LogP contribution >= 0.6 is 35.3 Å². The lowest BCUT2D eigenvalue weighted by atomic mass is 10.1. The molecule has 3 aromatic heterocycles. The Balaban J connectivity index is 0.00000210. The number of rotatable bonds is 4. The van der Waals surface area contributed by atoms with Crippen LogP contribution in [0.15, 0.2) is 46.9 Å². The van der Waals surface area contributed by atoms with Gasteiger partial charge in [-0.1, -0.05) is 6.07 Å². The zero-order valence-corrected chi connectivity index (χ0v) is 18.4. The Morgan fingerprint density at radius 3 is 2.81 bits per heavy atom. The Morgan fingerprint density at radius 1 is 1.22 bits per heavy atom. The summed E-state index contributed by atoms with van der Waals surface area (Å²) in [7, 11) is 1.80. The maximum Gasteiger partial charge on any atom is 0.191 e. The minimum atomic E-state index is 0. The first-order valence-corrected chi connectivity index (χ1v) is 9.76. The van der Waals surface area contributed by atoms with Crippen LogP contribution in [0.2, 0.25) is 0 Å². The number of hydrogen-bond acceptors (Lipinski definition) is 5. The average Bonchev–Trinajstić information content (AvgIpc) is 3.36. The van der Waals surface area contributed by atoms with Gasteiger partial charge in [0.15, 0.2) is 17.4 Å². The second kappa shape index (κ2) is 9.36. The number of halogens is 1. The van der Waals surface area contributed by atoms with E-state index in [9.17, 15) is 0 Å². The molecule has 1 fully saturated rings. The molecule has 4 heterocycles. The Bertz CT molecular complexity index is 869. The van der Waals surface area contributed by atoms with Crippen LogP contribution in [-0.4, -0.2) is 46.7 Å². The number of thiophene rings is 1. The Morgan fingerprint density at radius 2 is 2.07 bits per heavy atom. The van der Waals surface area contributed by atoms with Gasteiger partial charge in [-0.15, -0.1) is 45.5 Å². The van der Waals surface area contributed by atoms with Gasteiger partial charge in [0.1, 0.15) is 0 Å². The molecule has 144 valence electrons. The molecule has 3 aromatic rings. The van der Waals surface area contributed by atoms with Gasteiger partial charge in [0.25, 0.3) is 0 Å². The van der Waals surface area contributed by atoms with E-state index in [0.29, 0.717) is 12.6 Å². The van der Waals surface area contributed by atoms with E-state index in [2.05, 4.69) is 48.2 Å². The number of anilines is 1. The number of aliphatic imine (C=N–C) groups is 1. The fourth-order valence-corrected chi connectivity index (χ4v) is 4.04. The molecule has 2 N–H and O–H groups in total. The van der Waals surface area contributed by atoms with E-state index in [-0.39, 0.29) is 24.0 Å². The summed E-state index contributed by atoms with van der Waals surface area (Å²) in [5.74, 6) is 1.68. The Kier molecular flexibility index (Phi) is 6.89. The zero-order chi connectivity index (χ0) is 17.8. The van der Waals surface area contributed by atoms with Gasteiger partial charge in [-0.2, -0.15) is 0 Å². The maximum atomic E-state index is 4.36. The highest BCUT2D eigenvalue weighted by Crippen LogP contribution is 2.24. The number of guanidine groups is 1. The van der Waals surface area contributed by atoms with Crippen molar-refractivity contribution < 1.29 is 0 Å². The molecule has 0 aliphatic carbocycles. The van der Waals surface area contributed by atoms with Crippen LogP contribution in [0.1, 0.15) is 18.7 Å². The molecule has 0 aromatic carbocycles. The SMILES string of the molecule is CN=C(NCc1nnc2ccccn12)NC1CCN(c2cccs2)CC1.I. The molecule has 7 nitrogen and oxygen atoms in total. The first-order chi connectivity index (χ1) is 12.8. The summed E-state index contributed by atoms with van der Waals surface area (Å²) in [6.07, 6.45) is 4.18. The zero-order valence-electron chi connectivity index (χ0n) is 15.2. The number of hydrogen-bond donors (Lipinski definition) is 2. The van der Waals surface area contributed by atoms with Gasteiger partial charge in [0.2, 0.25) is 0 Å². The molecule has 27 heavy (non-hydrogen) atoms. The smallest absolute Gasteiger partial charge is 0.191 e. The van der Waals surface area contributed by atoms with Crippen LogP contribution in [-0.2, 0) is 6.54 Å². The molecule has 0 unspecified atom stereocenters. The molecule has 1 aliphatic heterocycles. The van der Waals surface area contributed by atoms with Gasteiger partial charge >= 0.3 is 0 Å². The number of nitrogens with zero attached hydrogens (tertiary/aromatic N) is 5. The van der Waals surface area contributed by atoms with Gasteiger partial charge in [-0.3, -0.25) is 9.39 Å². The predicted molar refractivity (Wildman–Crippen MR) is 121 cm³/mol. The van der Waals surface area contributed by atoms with Gasteiger partial charge in [0.05, 0.1) is 11.5 Å². The normalized spacial score (nSPS) is 15.6. The molecule has 0 radical (unpaired) electrons. The molecular formula is C18H24IN7S. The molecular weight excluding hydrogens is 473 g/mol. The summed E-state index contributed by atoms with van der Waals surface area (Å²) < 4.78 is 1.99. The quantitative estimate of drug-likeness (QED) is 0.330. The number of fused-ring (bicyclic) bond motifs is 1. The lowest BCUT2D eigenvalue weighted by Crippen LogP contribution is -2.48. The number of aromatic nitrogens is 3. The largest absolute Gasteiger partial charge is 0.363 e. The second-order valence-electron chi connectivity index (χ2n) is 6.33. The topological polar surface area (TPSA) is 69.8 Å². The van der Waals surface area contributed by atoms with Crippen LogP contribution in [0.25, 0.3) is 5.65 Å². The molecule has 1 aliphatic rings. The van der Waals surface area contributed by atoms with E-state index >= 15 is 0 Å². The summed E-state index contributed by atoms with van der Waals surface area (Å²) in [5, 5.41) is 18.8. The first kappa shape index (κ1) is 19.9.